The van der Waals surface area contributed by atoms with Crippen LogP contribution < -0.4 is 0 Å². The number of oxime groups is 1. The maximum atomic E-state index is 14.1. The van der Waals surface area contributed by atoms with E-state index < -0.39 is 17.7 Å². The number of hydrogen-bond donors (Lipinski definition) is 0. The quantitative estimate of drug-likeness (QED) is 0.533. The highest BCUT2D eigenvalue weighted by Gasteiger charge is 2.31. The lowest BCUT2D eigenvalue weighted by molar-refractivity contribution is -0.133. The molecule has 1 fully saturated rings. The number of rotatable bonds is 5. The molecule has 2 aromatic heterocycles. The number of amides is 1. The van der Waals surface area contributed by atoms with Crippen molar-refractivity contribution in [2.24, 2.45) is 5.16 Å². The molecule has 0 unspecified atom stereocenters. The van der Waals surface area contributed by atoms with Crippen molar-refractivity contribution in [1.29, 1.82) is 0 Å². The Morgan fingerprint density at radius 1 is 1.21 bits per heavy atom. The van der Waals surface area contributed by atoms with Gasteiger partial charge in [0.25, 0.3) is 0 Å². The lowest BCUT2D eigenvalue weighted by atomic mass is 9.97. The van der Waals surface area contributed by atoms with E-state index in [1.165, 1.54) is 18.2 Å². The number of benzene rings is 1. The van der Waals surface area contributed by atoms with Crippen LogP contribution in [-0.2, 0) is 16.2 Å². The third kappa shape index (κ3) is 4.46. The number of aromatic nitrogens is 3. The Kier molecular flexibility index (Phi) is 6.16. The van der Waals surface area contributed by atoms with Gasteiger partial charge in [0.1, 0.15) is 23.9 Å². The Labute approximate surface area is 200 Å². The van der Waals surface area contributed by atoms with Gasteiger partial charge in [-0.2, -0.15) is 5.10 Å². The first kappa shape index (κ1) is 22.6. The molecule has 0 bridgehead atoms. The summed E-state index contributed by atoms with van der Waals surface area (Å²) >= 11 is 1.55. The summed E-state index contributed by atoms with van der Waals surface area (Å²) < 4.78 is 29.9. The first-order valence-electron chi connectivity index (χ1n) is 11.3. The molecule has 4 heterocycles. The zero-order chi connectivity index (χ0) is 23.8. The predicted octanol–water partition coefficient (Wildman–Crippen LogP) is 4.51. The molecule has 0 N–H and O–H groups in total. The standard InChI is InChI=1S/C24H25F2N5O2S/c1-14-10-15(2)31(28-14)12-22(32)30-8-6-16(7-9-30)24-27-20(13-34-24)19-11-21(33-29-19)23-17(25)4-3-5-18(23)26/h3-5,10,13,16,21H,6-9,11-12H2,1-2H3/t21-/m1/s1. The highest BCUT2D eigenvalue weighted by molar-refractivity contribution is 7.10. The van der Waals surface area contributed by atoms with Crippen molar-refractivity contribution in [3.63, 3.8) is 0 Å². The maximum Gasteiger partial charge on any atom is 0.244 e. The largest absolute Gasteiger partial charge is 0.387 e. The van der Waals surface area contributed by atoms with Crippen LogP contribution in [0.5, 0.6) is 0 Å². The average molecular weight is 486 g/mol. The highest BCUT2D eigenvalue weighted by Crippen LogP contribution is 2.35. The molecule has 10 heteroatoms. The van der Waals surface area contributed by atoms with Crippen LogP contribution in [0.3, 0.4) is 0 Å². The minimum Gasteiger partial charge on any atom is -0.387 e. The third-order valence-electron chi connectivity index (χ3n) is 6.39. The number of nitrogens with zero attached hydrogens (tertiary/aromatic N) is 5. The summed E-state index contributed by atoms with van der Waals surface area (Å²) in [6, 6.07) is 5.73. The zero-order valence-corrected chi connectivity index (χ0v) is 19.8. The van der Waals surface area contributed by atoms with Crippen LogP contribution in [0.4, 0.5) is 8.78 Å². The van der Waals surface area contributed by atoms with E-state index in [2.05, 4.69) is 10.3 Å². The maximum absolute atomic E-state index is 14.1. The second-order valence-electron chi connectivity index (χ2n) is 8.78. The molecule has 3 aromatic rings. The fourth-order valence-corrected chi connectivity index (χ4v) is 5.55. The van der Waals surface area contributed by atoms with Crippen molar-refractivity contribution in [2.75, 3.05) is 13.1 Å². The molecule has 1 atom stereocenters. The summed E-state index contributed by atoms with van der Waals surface area (Å²) in [5, 5.41) is 11.3. The molecule has 1 aromatic carbocycles. The number of piperidine rings is 1. The Bertz CT molecular complexity index is 1230. The van der Waals surface area contributed by atoms with Gasteiger partial charge in [-0.15, -0.1) is 11.3 Å². The Hall–Kier alpha value is -3.14. The summed E-state index contributed by atoms with van der Waals surface area (Å²) in [5.74, 6) is -0.938. The van der Waals surface area contributed by atoms with Crippen LogP contribution >= 0.6 is 11.3 Å². The molecule has 5 rings (SSSR count). The van der Waals surface area contributed by atoms with Crippen LogP contribution in [0.1, 0.15) is 58.9 Å². The average Bonchev–Trinajstić information content (AvgIpc) is 3.54. The van der Waals surface area contributed by atoms with Gasteiger partial charge in [0.2, 0.25) is 5.91 Å². The second-order valence-corrected chi connectivity index (χ2v) is 9.67. The van der Waals surface area contributed by atoms with Crippen molar-refractivity contribution in [3.8, 4) is 0 Å². The molecule has 2 aliphatic heterocycles. The number of likely N-dealkylation sites (tertiary alicyclic amines) is 1. The van der Waals surface area contributed by atoms with Crippen LogP contribution in [-0.4, -0.2) is 44.4 Å². The van der Waals surface area contributed by atoms with E-state index >= 15 is 0 Å². The first-order chi connectivity index (χ1) is 16.4. The van der Waals surface area contributed by atoms with Crippen molar-refractivity contribution in [3.05, 3.63) is 68.9 Å². The minimum atomic E-state index is -0.794. The number of aryl methyl sites for hydroxylation is 2. The Balaban J connectivity index is 1.18. The summed E-state index contributed by atoms with van der Waals surface area (Å²) in [7, 11) is 0. The number of thiazole rings is 1. The molecule has 2 aliphatic rings. The van der Waals surface area contributed by atoms with E-state index in [0.717, 1.165) is 29.2 Å². The molecular formula is C24H25F2N5O2S. The number of halogens is 2. The van der Waals surface area contributed by atoms with E-state index in [1.807, 2.05) is 30.2 Å². The number of carbonyl (C=O) groups is 1. The van der Waals surface area contributed by atoms with Gasteiger partial charge in [0.05, 0.1) is 22.0 Å². The molecule has 1 amide bonds. The van der Waals surface area contributed by atoms with Gasteiger partial charge in [0, 0.05) is 36.5 Å². The molecule has 178 valence electrons. The lowest BCUT2D eigenvalue weighted by Gasteiger charge is -2.31. The van der Waals surface area contributed by atoms with Gasteiger partial charge in [-0.05, 0) is 44.9 Å². The SMILES string of the molecule is Cc1cc(C)n(CC(=O)N2CCC(c3nc(C4=NO[C@@H](c5c(F)cccc5F)C4)cs3)CC2)n1. The van der Waals surface area contributed by atoms with Gasteiger partial charge < -0.3 is 9.74 Å². The second kappa shape index (κ2) is 9.25. The van der Waals surface area contributed by atoms with Crippen LogP contribution in [0, 0.1) is 25.5 Å². The van der Waals surface area contributed by atoms with Crippen molar-refractivity contribution in [1.82, 2.24) is 19.7 Å². The fraction of sp³-hybridized carbons (Fsp3) is 0.417. The minimum absolute atomic E-state index is 0.0772. The topological polar surface area (TPSA) is 72.6 Å². The highest BCUT2D eigenvalue weighted by atomic mass is 32.1. The molecule has 1 saturated heterocycles. The molecular weight excluding hydrogens is 460 g/mol. The van der Waals surface area contributed by atoms with Crippen LogP contribution in [0.15, 0.2) is 34.8 Å². The van der Waals surface area contributed by atoms with Crippen molar-refractivity contribution < 1.29 is 18.4 Å². The van der Waals surface area contributed by atoms with E-state index in [1.54, 1.807) is 16.0 Å². The first-order valence-corrected chi connectivity index (χ1v) is 12.2. The van der Waals surface area contributed by atoms with Gasteiger partial charge in [0.15, 0.2) is 6.10 Å². The van der Waals surface area contributed by atoms with E-state index in [9.17, 15) is 13.6 Å². The monoisotopic (exact) mass is 485 g/mol. The Morgan fingerprint density at radius 3 is 2.62 bits per heavy atom. The van der Waals surface area contributed by atoms with Gasteiger partial charge in [-0.3, -0.25) is 9.48 Å². The van der Waals surface area contributed by atoms with E-state index in [-0.39, 0.29) is 30.4 Å². The van der Waals surface area contributed by atoms with Gasteiger partial charge >= 0.3 is 0 Å². The number of hydrogen-bond acceptors (Lipinski definition) is 6. The zero-order valence-electron chi connectivity index (χ0n) is 19.0. The Morgan fingerprint density at radius 2 is 1.94 bits per heavy atom. The lowest BCUT2D eigenvalue weighted by Crippen LogP contribution is -2.40. The van der Waals surface area contributed by atoms with Crippen molar-refractivity contribution >= 4 is 23.0 Å². The molecule has 0 aliphatic carbocycles. The molecule has 0 spiro atoms. The summed E-state index contributed by atoms with van der Waals surface area (Å²) in [6.07, 6.45) is 1.14. The number of carbonyl (C=O) groups excluding carboxylic acids is 1. The molecule has 34 heavy (non-hydrogen) atoms. The van der Waals surface area contributed by atoms with Gasteiger partial charge in [-0.25, -0.2) is 13.8 Å². The van der Waals surface area contributed by atoms with Crippen LogP contribution in [0.2, 0.25) is 0 Å². The fourth-order valence-electron chi connectivity index (χ4n) is 4.55. The van der Waals surface area contributed by atoms with Crippen molar-refractivity contribution in [2.45, 2.75) is 51.7 Å². The summed E-state index contributed by atoms with van der Waals surface area (Å²) in [6.45, 7) is 5.49. The molecule has 0 saturated carbocycles. The summed E-state index contributed by atoms with van der Waals surface area (Å²) in [4.78, 5) is 24.7. The molecule has 0 radical (unpaired) electrons. The van der Waals surface area contributed by atoms with Crippen LogP contribution in [0.25, 0.3) is 0 Å². The summed E-state index contributed by atoms with van der Waals surface area (Å²) in [5.41, 5.74) is 3.06. The van der Waals surface area contributed by atoms with E-state index in [4.69, 9.17) is 9.82 Å². The molecule has 7 nitrogen and oxygen atoms in total. The third-order valence-corrected chi connectivity index (χ3v) is 7.40. The predicted molar refractivity (Wildman–Crippen MR) is 124 cm³/mol. The smallest absolute Gasteiger partial charge is 0.244 e. The van der Waals surface area contributed by atoms with Gasteiger partial charge in [-0.1, -0.05) is 11.2 Å². The normalized spacial score (nSPS) is 18.8. The van der Waals surface area contributed by atoms with E-state index in [0.29, 0.717) is 24.5 Å².